The van der Waals surface area contributed by atoms with Gasteiger partial charge in [-0.3, -0.25) is 0 Å². The molecular formula is C18H20N2. The Morgan fingerprint density at radius 1 is 1.10 bits per heavy atom. The van der Waals surface area contributed by atoms with E-state index < -0.39 is 0 Å². The highest BCUT2D eigenvalue weighted by Gasteiger charge is 2.05. The maximum Gasteiger partial charge on any atom is 0.0454 e. The van der Waals surface area contributed by atoms with Gasteiger partial charge in [0, 0.05) is 24.3 Å². The van der Waals surface area contributed by atoms with E-state index in [2.05, 4.69) is 72.7 Å². The molecule has 1 aromatic heterocycles. The highest BCUT2D eigenvalue weighted by Crippen LogP contribution is 2.17. The Labute approximate surface area is 119 Å². The lowest BCUT2D eigenvalue weighted by atomic mass is 10.1. The number of aromatic amines is 1. The number of H-pyrrole nitrogens is 1. The molecule has 1 heterocycles. The number of hydrogen-bond acceptors (Lipinski definition) is 1. The molecule has 20 heavy (non-hydrogen) atoms. The summed E-state index contributed by atoms with van der Waals surface area (Å²) in [4.78, 5) is 3.22. The molecule has 0 aliphatic carbocycles. The molecule has 2 N–H and O–H groups in total. The zero-order chi connectivity index (χ0) is 13.9. The summed E-state index contributed by atoms with van der Waals surface area (Å²) < 4.78 is 0. The SMILES string of the molecule is Cc1cccc([C@@H](C)NCc2ccc3[nH]ccc3c2)c1. The predicted octanol–water partition coefficient (Wildman–Crippen LogP) is 4.33. The number of hydrogen-bond donors (Lipinski definition) is 2. The third-order valence-corrected chi connectivity index (χ3v) is 3.77. The molecule has 0 fully saturated rings. The maximum atomic E-state index is 3.59. The van der Waals surface area contributed by atoms with Gasteiger partial charge < -0.3 is 10.3 Å². The molecule has 0 unspecified atom stereocenters. The lowest BCUT2D eigenvalue weighted by molar-refractivity contribution is 0.574. The summed E-state index contributed by atoms with van der Waals surface area (Å²) in [6.45, 7) is 5.23. The molecule has 0 radical (unpaired) electrons. The number of rotatable bonds is 4. The van der Waals surface area contributed by atoms with Crippen LogP contribution in [0.15, 0.2) is 54.7 Å². The van der Waals surface area contributed by atoms with Crippen LogP contribution in [0.5, 0.6) is 0 Å². The zero-order valence-electron chi connectivity index (χ0n) is 12.0. The number of nitrogens with one attached hydrogen (secondary N) is 2. The molecule has 2 heteroatoms. The largest absolute Gasteiger partial charge is 0.361 e. The average molecular weight is 264 g/mol. The van der Waals surface area contributed by atoms with Gasteiger partial charge in [0.1, 0.15) is 0 Å². The first kappa shape index (κ1) is 12.9. The Morgan fingerprint density at radius 2 is 2.00 bits per heavy atom. The van der Waals surface area contributed by atoms with Crippen LogP contribution in [-0.4, -0.2) is 4.98 Å². The van der Waals surface area contributed by atoms with E-state index in [0.717, 1.165) is 6.54 Å². The van der Waals surface area contributed by atoms with E-state index in [4.69, 9.17) is 0 Å². The molecule has 3 rings (SSSR count). The van der Waals surface area contributed by atoms with E-state index in [9.17, 15) is 0 Å². The Kier molecular flexibility index (Phi) is 3.57. The Bertz CT molecular complexity index is 712. The van der Waals surface area contributed by atoms with E-state index in [1.165, 1.54) is 27.6 Å². The quantitative estimate of drug-likeness (QED) is 0.721. The summed E-state index contributed by atoms with van der Waals surface area (Å²) in [5.41, 5.74) is 5.16. The van der Waals surface area contributed by atoms with Gasteiger partial charge in [-0.25, -0.2) is 0 Å². The monoisotopic (exact) mass is 264 g/mol. The summed E-state index contributed by atoms with van der Waals surface area (Å²) in [5.74, 6) is 0. The van der Waals surface area contributed by atoms with Crippen molar-refractivity contribution in [3.8, 4) is 0 Å². The van der Waals surface area contributed by atoms with Gasteiger partial charge in [0.25, 0.3) is 0 Å². The average Bonchev–Trinajstić information content (AvgIpc) is 2.92. The Morgan fingerprint density at radius 3 is 2.85 bits per heavy atom. The van der Waals surface area contributed by atoms with Crippen LogP contribution in [0.1, 0.15) is 29.7 Å². The van der Waals surface area contributed by atoms with E-state index in [0.29, 0.717) is 6.04 Å². The molecule has 0 amide bonds. The van der Waals surface area contributed by atoms with Crippen molar-refractivity contribution in [1.82, 2.24) is 10.3 Å². The molecule has 0 bridgehead atoms. The molecule has 0 aliphatic rings. The van der Waals surface area contributed by atoms with Crippen molar-refractivity contribution in [1.29, 1.82) is 0 Å². The minimum atomic E-state index is 0.358. The number of aryl methyl sites for hydroxylation is 1. The fourth-order valence-corrected chi connectivity index (χ4v) is 2.54. The van der Waals surface area contributed by atoms with E-state index in [1.807, 2.05) is 6.20 Å². The van der Waals surface area contributed by atoms with Crippen molar-refractivity contribution in [3.05, 3.63) is 71.4 Å². The first-order valence-electron chi connectivity index (χ1n) is 7.08. The molecule has 3 aromatic rings. The zero-order valence-corrected chi connectivity index (χ0v) is 12.0. The second-order valence-corrected chi connectivity index (χ2v) is 5.42. The van der Waals surface area contributed by atoms with Gasteiger partial charge in [-0.2, -0.15) is 0 Å². The minimum Gasteiger partial charge on any atom is -0.361 e. The van der Waals surface area contributed by atoms with Crippen molar-refractivity contribution in [2.45, 2.75) is 26.4 Å². The molecule has 2 aromatic carbocycles. The van der Waals surface area contributed by atoms with Crippen molar-refractivity contribution in [2.24, 2.45) is 0 Å². The van der Waals surface area contributed by atoms with Gasteiger partial charge in [-0.1, -0.05) is 35.9 Å². The fraction of sp³-hybridized carbons (Fsp3) is 0.222. The molecule has 102 valence electrons. The first-order chi connectivity index (χ1) is 9.72. The summed E-state index contributed by atoms with van der Waals surface area (Å²) >= 11 is 0. The molecule has 0 spiro atoms. The van der Waals surface area contributed by atoms with E-state index >= 15 is 0 Å². The van der Waals surface area contributed by atoms with Gasteiger partial charge in [-0.15, -0.1) is 0 Å². The summed E-state index contributed by atoms with van der Waals surface area (Å²) in [7, 11) is 0. The van der Waals surface area contributed by atoms with Crippen molar-refractivity contribution in [2.75, 3.05) is 0 Å². The number of fused-ring (bicyclic) bond motifs is 1. The van der Waals surface area contributed by atoms with Crippen molar-refractivity contribution in [3.63, 3.8) is 0 Å². The lowest BCUT2D eigenvalue weighted by Gasteiger charge is -2.15. The number of benzene rings is 2. The Hall–Kier alpha value is -2.06. The van der Waals surface area contributed by atoms with Crippen LogP contribution in [0.25, 0.3) is 10.9 Å². The van der Waals surface area contributed by atoms with Crippen molar-refractivity contribution < 1.29 is 0 Å². The first-order valence-corrected chi connectivity index (χ1v) is 7.08. The highest BCUT2D eigenvalue weighted by molar-refractivity contribution is 5.79. The normalized spacial score (nSPS) is 12.7. The molecule has 1 atom stereocenters. The van der Waals surface area contributed by atoms with Gasteiger partial charge in [0.15, 0.2) is 0 Å². The third kappa shape index (κ3) is 2.75. The van der Waals surface area contributed by atoms with Gasteiger partial charge in [0.05, 0.1) is 0 Å². The number of aromatic nitrogens is 1. The molecule has 2 nitrogen and oxygen atoms in total. The Balaban J connectivity index is 1.69. The predicted molar refractivity (Wildman–Crippen MR) is 84.7 cm³/mol. The third-order valence-electron chi connectivity index (χ3n) is 3.77. The van der Waals surface area contributed by atoms with Crippen LogP contribution < -0.4 is 5.32 Å². The minimum absolute atomic E-state index is 0.358. The summed E-state index contributed by atoms with van der Waals surface area (Å²) in [6.07, 6.45) is 1.98. The van der Waals surface area contributed by atoms with Gasteiger partial charge in [0.2, 0.25) is 0 Å². The summed E-state index contributed by atoms with van der Waals surface area (Å²) in [6, 6.07) is 17.7. The van der Waals surface area contributed by atoms with Crippen LogP contribution in [0, 0.1) is 6.92 Å². The van der Waals surface area contributed by atoms with Crippen LogP contribution in [0.3, 0.4) is 0 Å². The standard InChI is InChI=1S/C18H20N2/c1-13-4-3-5-16(10-13)14(2)20-12-15-6-7-18-17(11-15)8-9-19-18/h3-11,14,19-20H,12H2,1-2H3/t14-/m1/s1. The molecule has 0 saturated carbocycles. The van der Waals surface area contributed by atoms with Crippen molar-refractivity contribution >= 4 is 10.9 Å². The highest BCUT2D eigenvalue weighted by atomic mass is 14.9. The maximum absolute atomic E-state index is 3.59. The van der Waals surface area contributed by atoms with E-state index in [-0.39, 0.29) is 0 Å². The van der Waals surface area contributed by atoms with Crippen LogP contribution in [0.4, 0.5) is 0 Å². The molecule has 0 saturated heterocycles. The van der Waals surface area contributed by atoms with Gasteiger partial charge >= 0.3 is 0 Å². The smallest absolute Gasteiger partial charge is 0.0454 e. The van der Waals surface area contributed by atoms with Crippen LogP contribution in [0.2, 0.25) is 0 Å². The van der Waals surface area contributed by atoms with E-state index in [1.54, 1.807) is 0 Å². The topological polar surface area (TPSA) is 27.8 Å². The lowest BCUT2D eigenvalue weighted by Crippen LogP contribution is -2.18. The van der Waals surface area contributed by atoms with Gasteiger partial charge in [-0.05, 0) is 48.6 Å². The molecule has 0 aliphatic heterocycles. The second-order valence-electron chi connectivity index (χ2n) is 5.42. The van der Waals surface area contributed by atoms with Crippen LogP contribution in [-0.2, 0) is 6.54 Å². The van der Waals surface area contributed by atoms with Crippen LogP contribution >= 0.6 is 0 Å². The fourth-order valence-electron chi connectivity index (χ4n) is 2.54. The second kappa shape index (κ2) is 5.51. The summed E-state index contributed by atoms with van der Waals surface area (Å²) in [5, 5.41) is 4.86. The molecular weight excluding hydrogens is 244 g/mol.